The van der Waals surface area contributed by atoms with Crippen molar-refractivity contribution >= 4 is 11.4 Å². The Balaban J connectivity index is 2.02. The maximum Gasteiger partial charge on any atom is 0.150 e. The van der Waals surface area contributed by atoms with Gasteiger partial charge in [-0.1, -0.05) is 48.5 Å². The van der Waals surface area contributed by atoms with Gasteiger partial charge < -0.3 is 5.11 Å². The smallest absolute Gasteiger partial charge is 0.150 e. The van der Waals surface area contributed by atoms with Crippen molar-refractivity contribution in [2.45, 2.75) is 6.92 Å². The minimum atomic E-state index is 0.150. The highest BCUT2D eigenvalue weighted by Gasteiger charge is 2.10. The van der Waals surface area contributed by atoms with Crippen LogP contribution in [0.1, 0.15) is 5.56 Å². The van der Waals surface area contributed by atoms with Gasteiger partial charge in [-0.05, 0) is 42.3 Å². The Bertz CT molecular complexity index is 796. The molecule has 3 aromatic carbocycles. The van der Waals surface area contributed by atoms with Crippen LogP contribution in [0.4, 0.5) is 11.4 Å². The number of rotatable bonds is 3. The third-order valence-corrected chi connectivity index (χ3v) is 3.35. The zero-order chi connectivity index (χ0) is 15.4. The molecule has 0 aliphatic carbocycles. The number of nitrogens with zero attached hydrogens (tertiary/aromatic N) is 2. The molecule has 0 radical (unpaired) electrons. The van der Waals surface area contributed by atoms with E-state index in [9.17, 15) is 5.11 Å². The van der Waals surface area contributed by atoms with Gasteiger partial charge in [-0.25, -0.2) is 0 Å². The Hall–Kier alpha value is -2.94. The Kier molecular flexibility index (Phi) is 3.97. The van der Waals surface area contributed by atoms with Gasteiger partial charge in [0.2, 0.25) is 0 Å². The predicted octanol–water partition coefficient (Wildman–Crippen LogP) is 5.78. The third-order valence-electron chi connectivity index (χ3n) is 3.35. The number of azo groups is 1. The van der Waals surface area contributed by atoms with Crippen LogP contribution in [0.2, 0.25) is 0 Å². The lowest BCUT2D eigenvalue weighted by Crippen LogP contribution is -1.82. The van der Waals surface area contributed by atoms with Gasteiger partial charge in [0.1, 0.15) is 5.69 Å². The highest BCUT2D eigenvalue weighted by atomic mass is 16.3. The van der Waals surface area contributed by atoms with Crippen molar-refractivity contribution in [3.8, 4) is 16.9 Å². The van der Waals surface area contributed by atoms with Crippen LogP contribution >= 0.6 is 0 Å². The first-order chi connectivity index (χ1) is 10.7. The summed E-state index contributed by atoms with van der Waals surface area (Å²) in [6.07, 6.45) is 0. The molecule has 1 N–H and O–H groups in total. The minimum absolute atomic E-state index is 0.150. The summed E-state index contributed by atoms with van der Waals surface area (Å²) in [6, 6.07) is 23.0. The highest BCUT2D eigenvalue weighted by molar-refractivity contribution is 5.77. The summed E-state index contributed by atoms with van der Waals surface area (Å²) in [6.45, 7) is 1.98. The fourth-order valence-corrected chi connectivity index (χ4v) is 2.28. The quantitative estimate of drug-likeness (QED) is 0.610. The summed E-state index contributed by atoms with van der Waals surface area (Å²) in [5.41, 5.74) is 3.98. The largest absolute Gasteiger partial charge is 0.505 e. The lowest BCUT2D eigenvalue weighted by molar-refractivity contribution is 0.478. The molecule has 3 aromatic rings. The van der Waals surface area contributed by atoms with Gasteiger partial charge in [-0.2, -0.15) is 5.11 Å². The molecule has 3 nitrogen and oxygen atoms in total. The first-order valence-electron chi connectivity index (χ1n) is 7.10. The van der Waals surface area contributed by atoms with E-state index >= 15 is 0 Å². The second-order valence-electron chi connectivity index (χ2n) is 5.08. The number of benzene rings is 3. The van der Waals surface area contributed by atoms with E-state index in [1.807, 2.05) is 79.7 Å². The molecule has 0 saturated heterocycles. The van der Waals surface area contributed by atoms with E-state index in [0.29, 0.717) is 5.69 Å². The van der Waals surface area contributed by atoms with Gasteiger partial charge in [-0.3, -0.25) is 0 Å². The fraction of sp³-hybridized carbons (Fsp3) is 0.0526. The van der Waals surface area contributed by atoms with Gasteiger partial charge in [0, 0.05) is 5.56 Å². The highest BCUT2D eigenvalue weighted by Crippen LogP contribution is 2.39. The lowest BCUT2D eigenvalue weighted by Gasteiger charge is -2.08. The average Bonchev–Trinajstić information content (AvgIpc) is 2.57. The van der Waals surface area contributed by atoms with Crippen LogP contribution in [0.15, 0.2) is 83.0 Å². The number of aromatic hydroxyl groups is 1. The van der Waals surface area contributed by atoms with Crippen molar-refractivity contribution in [3.63, 3.8) is 0 Å². The van der Waals surface area contributed by atoms with E-state index in [-0.39, 0.29) is 5.75 Å². The molecule has 0 saturated carbocycles. The van der Waals surface area contributed by atoms with Crippen molar-refractivity contribution in [2.24, 2.45) is 10.2 Å². The van der Waals surface area contributed by atoms with Crippen LogP contribution in [0.25, 0.3) is 11.1 Å². The summed E-state index contributed by atoms with van der Waals surface area (Å²) < 4.78 is 0. The summed E-state index contributed by atoms with van der Waals surface area (Å²) in [5, 5.41) is 18.9. The van der Waals surface area contributed by atoms with E-state index in [2.05, 4.69) is 10.2 Å². The zero-order valence-electron chi connectivity index (χ0n) is 12.3. The lowest BCUT2D eigenvalue weighted by atomic mass is 10.0. The third kappa shape index (κ3) is 3.04. The minimum Gasteiger partial charge on any atom is -0.505 e. The molecule has 0 unspecified atom stereocenters. The Morgan fingerprint density at radius 3 is 2.09 bits per heavy atom. The first-order valence-corrected chi connectivity index (χ1v) is 7.10. The van der Waals surface area contributed by atoms with Crippen molar-refractivity contribution in [1.29, 1.82) is 0 Å². The van der Waals surface area contributed by atoms with E-state index in [4.69, 9.17) is 0 Å². The Labute approximate surface area is 129 Å². The summed E-state index contributed by atoms with van der Waals surface area (Å²) in [5.74, 6) is 0.150. The molecule has 0 spiro atoms. The monoisotopic (exact) mass is 288 g/mol. The molecular formula is C19H16N2O. The van der Waals surface area contributed by atoms with Gasteiger partial charge >= 0.3 is 0 Å². The molecule has 3 heteroatoms. The summed E-state index contributed by atoms with van der Waals surface area (Å²) >= 11 is 0. The van der Waals surface area contributed by atoms with Crippen LogP contribution in [0.5, 0.6) is 5.75 Å². The van der Waals surface area contributed by atoms with Crippen molar-refractivity contribution < 1.29 is 5.11 Å². The summed E-state index contributed by atoms with van der Waals surface area (Å²) in [4.78, 5) is 0. The average molecular weight is 288 g/mol. The van der Waals surface area contributed by atoms with Crippen LogP contribution in [-0.2, 0) is 0 Å². The van der Waals surface area contributed by atoms with Gasteiger partial charge in [0.25, 0.3) is 0 Å². The normalized spacial score (nSPS) is 11.0. The second kappa shape index (κ2) is 6.22. The van der Waals surface area contributed by atoms with Gasteiger partial charge in [0.15, 0.2) is 5.75 Å². The fourth-order valence-electron chi connectivity index (χ4n) is 2.28. The van der Waals surface area contributed by atoms with Crippen LogP contribution < -0.4 is 0 Å². The maximum absolute atomic E-state index is 10.5. The molecule has 0 bridgehead atoms. The van der Waals surface area contributed by atoms with E-state index in [0.717, 1.165) is 22.4 Å². The molecule has 3 rings (SSSR count). The van der Waals surface area contributed by atoms with E-state index in [1.165, 1.54) is 0 Å². The number of phenolic OH excluding ortho intramolecular Hbond substituents is 1. The van der Waals surface area contributed by atoms with Crippen molar-refractivity contribution in [3.05, 3.63) is 78.4 Å². The van der Waals surface area contributed by atoms with Crippen molar-refractivity contribution in [2.75, 3.05) is 0 Å². The number of phenols is 1. The number of hydrogen-bond acceptors (Lipinski definition) is 3. The molecule has 108 valence electrons. The molecule has 0 aromatic heterocycles. The SMILES string of the molecule is Cc1cc(N=Nc2ccccc2)c(O)c(-c2ccccc2)c1. The molecule has 0 aliphatic rings. The maximum atomic E-state index is 10.5. The van der Waals surface area contributed by atoms with Gasteiger partial charge in [0.05, 0.1) is 5.69 Å². The second-order valence-corrected chi connectivity index (χ2v) is 5.08. The van der Waals surface area contributed by atoms with Crippen LogP contribution in [0.3, 0.4) is 0 Å². The van der Waals surface area contributed by atoms with E-state index in [1.54, 1.807) is 0 Å². The van der Waals surface area contributed by atoms with E-state index < -0.39 is 0 Å². The van der Waals surface area contributed by atoms with Crippen LogP contribution in [0, 0.1) is 6.92 Å². The summed E-state index contributed by atoms with van der Waals surface area (Å²) in [7, 11) is 0. The number of hydrogen-bond donors (Lipinski definition) is 1. The zero-order valence-corrected chi connectivity index (χ0v) is 12.3. The molecule has 0 amide bonds. The molecule has 22 heavy (non-hydrogen) atoms. The Morgan fingerprint density at radius 1 is 0.773 bits per heavy atom. The molecular weight excluding hydrogens is 272 g/mol. The topological polar surface area (TPSA) is 45.0 Å². The molecule has 0 fully saturated rings. The molecule has 0 aliphatic heterocycles. The molecule has 0 atom stereocenters. The predicted molar refractivity (Wildman–Crippen MR) is 88.9 cm³/mol. The number of aryl methyl sites for hydroxylation is 1. The Morgan fingerprint density at radius 2 is 1.41 bits per heavy atom. The van der Waals surface area contributed by atoms with Gasteiger partial charge in [-0.15, -0.1) is 5.11 Å². The van der Waals surface area contributed by atoms with Crippen molar-refractivity contribution in [1.82, 2.24) is 0 Å². The molecule has 0 heterocycles. The standard InChI is InChI=1S/C19H16N2O/c1-14-12-17(15-8-4-2-5-9-15)19(22)18(13-14)21-20-16-10-6-3-7-11-16/h2-13,22H,1H3. The van der Waals surface area contributed by atoms with Crippen LogP contribution in [-0.4, -0.2) is 5.11 Å². The first kappa shape index (κ1) is 14.0.